The van der Waals surface area contributed by atoms with E-state index >= 15 is 0 Å². The second-order valence-electron chi connectivity index (χ2n) is 10.1. The predicted molar refractivity (Wildman–Crippen MR) is 165 cm³/mol. The first-order valence-electron chi connectivity index (χ1n) is 13.9. The molecule has 5 rings (SSSR count). The molecule has 0 saturated heterocycles. The van der Waals surface area contributed by atoms with Crippen LogP contribution in [-0.4, -0.2) is 35.4 Å². The Kier molecular flexibility index (Phi) is 8.22. The lowest BCUT2D eigenvalue weighted by atomic mass is 9.97. The van der Waals surface area contributed by atoms with Gasteiger partial charge in [0.15, 0.2) is 16.3 Å². The lowest BCUT2D eigenvalue weighted by Gasteiger charge is -2.23. The van der Waals surface area contributed by atoms with E-state index in [2.05, 4.69) is 61.5 Å². The van der Waals surface area contributed by atoms with Gasteiger partial charge in [0.25, 0.3) is 5.56 Å². The van der Waals surface area contributed by atoms with Crippen LogP contribution < -0.4 is 24.4 Å². The SMILES string of the molecule is CCOc1ccc([C@H]2C(C(=O)OC)=CN=c3s/c(=C\c4cc(C)n(-c5cccc(C)c5C)c4C)c(=O)n32)cc1OCC. The Balaban J connectivity index is 1.67. The van der Waals surface area contributed by atoms with Crippen molar-refractivity contribution in [3.05, 3.63) is 108 Å². The monoisotopic (exact) mass is 585 g/mol. The Bertz CT molecular complexity index is 1890. The highest BCUT2D eigenvalue weighted by molar-refractivity contribution is 7.07. The summed E-state index contributed by atoms with van der Waals surface area (Å²) in [6.45, 7) is 13.1. The summed E-state index contributed by atoms with van der Waals surface area (Å²) in [5, 5.41) is 0. The zero-order chi connectivity index (χ0) is 30.1. The maximum Gasteiger partial charge on any atom is 0.337 e. The maximum atomic E-state index is 14.1. The number of carbonyl (C=O) groups is 1. The largest absolute Gasteiger partial charge is 0.490 e. The Labute approximate surface area is 248 Å². The first kappa shape index (κ1) is 29.1. The summed E-state index contributed by atoms with van der Waals surface area (Å²) < 4.78 is 21.0. The molecule has 0 spiro atoms. The second-order valence-corrected chi connectivity index (χ2v) is 11.1. The third kappa shape index (κ3) is 5.09. The van der Waals surface area contributed by atoms with Crippen molar-refractivity contribution in [2.45, 2.75) is 47.6 Å². The van der Waals surface area contributed by atoms with Gasteiger partial charge in [-0.15, -0.1) is 0 Å². The minimum Gasteiger partial charge on any atom is -0.490 e. The molecular weight excluding hydrogens is 550 g/mol. The van der Waals surface area contributed by atoms with E-state index in [1.165, 1.54) is 35.8 Å². The van der Waals surface area contributed by atoms with Crippen molar-refractivity contribution in [2.75, 3.05) is 20.3 Å². The Morgan fingerprint density at radius 3 is 2.48 bits per heavy atom. The molecule has 3 heterocycles. The van der Waals surface area contributed by atoms with Crippen molar-refractivity contribution >= 4 is 23.4 Å². The molecule has 0 aliphatic carbocycles. The molecule has 218 valence electrons. The lowest BCUT2D eigenvalue weighted by molar-refractivity contribution is -0.136. The van der Waals surface area contributed by atoms with Crippen LogP contribution in [-0.2, 0) is 9.53 Å². The van der Waals surface area contributed by atoms with Crippen molar-refractivity contribution in [3.63, 3.8) is 0 Å². The van der Waals surface area contributed by atoms with Crippen LogP contribution in [0.1, 0.15) is 53.5 Å². The number of fused-ring (bicyclic) bond motifs is 1. The van der Waals surface area contributed by atoms with Crippen molar-refractivity contribution in [3.8, 4) is 17.2 Å². The molecule has 0 unspecified atom stereocenters. The number of thiazole rings is 1. The third-order valence-electron chi connectivity index (χ3n) is 7.58. The number of methoxy groups -OCH3 is 1. The first-order valence-corrected chi connectivity index (χ1v) is 14.8. The van der Waals surface area contributed by atoms with Crippen LogP contribution >= 0.6 is 11.3 Å². The fraction of sp³-hybridized carbons (Fsp3) is 0.303. The van der Waals surface area contributed by atoms with Crippen molar-refractivity contribution < 1.29 is 19.0 Å². The van der Waals surface area contributed by atoms with Gasteiger partial charge in [-0.2, -0.15) is 0 Å². The van der Waals surface area contributed by atoms with E-state index < -0.39 is 12.0 Å². The molecule has 8 nitrogen and oxygen atoms in total. The van der Waals surface area contributed by atoms with Gasteiger partial charge in [-0.1, -0.05) is 29.5 Å². The molecule has 0 fully saturated rings. The summed E-state index contributed by atoms with van der Waals surface area (Å²) in [5.74, 6) is 0.583. The highest BCUT2D eigenvalue weighted by atomic mass is 32.1. The number of hydrogen-bond acceptors (Lipinski definition) is 7. The van der Waals surface area contributed by atoms with Crippen LogP contribution in [0.4, 0.5) is 0 Å². The van der Waals surface area contributed by atoms with Crippen LogP contribution in [0.2, 0.25) is 0 Å². The predicted octanol–water partition coefficient (Wildman–Crippen LogP) is 4.84. The standard InChI is InChI=1S/C33H35N3O5S/c1-8-40-27-14-13-23(16-28(27)41-9-2)30-25(32(38)39-7)18-34-33-36(30)31(37)29(42-33)17-24-15-20(4)35(22(24)6)26-12-10-11-19(3)21(26)5/h10-18,30H,8-9H2,1-7H3/b29-17-/t30-/m0/s1. The Hall–Kier alpha value is -4.37. The molecule has 1 aliphatic rings. The molecule has 0 N–H and O–H groups in total. The van der Waals surface area contributed by atoms with Crippen LogP contribution in [0.3, 0.4) is 0 Å². The lowest BCUT2D eigenvalue weighted by Crippen LogP contribution is -2.39. The van der Waals surface area contributed by atoms with Gasteiger partial charge in [0, 0.05) is 23.3 Å². The van der Waals surface area contributed by atoms with Gasteiger partial charge in [0.05, 0.1) is 36.5 Å². The maximum absolute atomic E-state index is 14.1. The van der Waals surface area contributed by atoms with Crippen molar-refractivity contribution in [1.29, 1.82) is 0 Å². The van der Waals surface area contributed by atoms with E-state index in [1.807, 2.05) is 32.1 Å². The number of carbonyl (C=O) groups excluding carboxylic acids is 1. The summed E-state index contributed by atoms with van der Waals surface area (Å²) >= 11 is 1.29. The molecule has 1 atom stereocenters. The van der Waals surface area contributed by atoms with Gasteiger partial charge in [-0.25, -0.2) is 9.79 Å². The Morgan fingerprint density at radius 1 is 1.02 bits per heavy atom. The molecule has 1 aliphatic heterocycles. The van der Waals surface area contributed by atoms with Gasteiger partial charge in [0.2, 0.25) is 0 Å². The van der Waals surface area contributed by atoms with Crippen molar-refractivity contribution in [1.82, 2.24) is 9.13 Å². The van der Waals surface area contributed by atoms with Gasteiger partial charge in [0.1, 0.15) is 0 Å². The smallest absolute Gasteiger partial charge is 0.337 e. The molecule has 9 heteroatoms. The average molecular weight is 586 g/mol. The summed E-state index contributed by atoms with van der Waals surface area (Å²) in [4.78, 5) is 31.9. The number of rotatable bonds is 8. The highest BCUT2D eigenvalue weighted by Gasteiger charge is 2.31. The topological polar surface area (TPSA) is 84.0 Å². The van der Waals surface area contributed by atoms with E-state index in [4.69, 9.17) is 14.2 Å². The molecule has 2 aromatic heterocycles. The van der Waals surface area contributed by atoms with Crippen LogP contribution in [0.15, 0.2) is 64.0 Å². The summed E-state index contributed by atoms with van der Waals surface area (Å²) in [6, 6.07) is 13.1. The molecule has 0 bridgehead atoms. The average Bonchev–Trinajstić information content (AvgIpc) is 3.44. The van der Waals surface area contributed by atoms with E-state index in [0.717, 1.165) is 22.6 Å². The minimum absolute atomic E-state index is 0.235. The van der Waals surface area contributed by atoms with E-state index in [-0.39, 0.29) is 11.1 Å². The van der Waals surface area contributed by atoms with Crippen LogP contribution in [0.25, 0.3) is 11.8 Å². The van der Waals surface area contributed by atoms with E-state index in [0.29, 0.717) is 39.6 Å². The second kappa shape index (κ2) is 11.9. The van der Waals surface area contributed by atoms with E-state index in [9.17, 15) is 9.59 Å². The molecular formula is C33H35N3O5S. The summed E-state index contributed by atoms with van der Waals surface area (Å²) in [7, 11) is 1.32. The molecule has 0 radical (unpaired) electrons. The number of hydrogen-bond donors (Lipinski definition) is 0. The number of benzene rings is 2. The fourth-order valence-electron chi connectivity index (χ4n) is 5.41. The quantitative estimate of drug-likeness (QED) is 0.277. The third-order valence-corrected chi connectivity index (χ3v) is 8.58. The molecule has 42 heavy (non-hydrogen) atoms. The highest BCUT2D eigenvalue weighted by Crippen LogP contribution is 2.35. The molecule has 0 amide bonds. The summed E-state index contributed by atoms with van der Waals surface area (Å²) in [6.07, 6.45) is 3.41. The van der Waals surface area contributed by atoms with Crippen molar-refractivity contribution in [2.24, 2.45) is 4.99 Å². The van der Waals surface area contributed by atoms with Crippen LogP contribution in [0, 0.1) is 27.7 Å². The fourth-order valence-corrected chi connectivity index (χ4v) is 6.37. The Morgan fingerprint density at radius 2 is 1.76 bits per heavy atom. The minimum atomic E-state index is -0.742. The molecule has 0 saturated carbocycles. The molecule has 4 aromatic rings. The zero-order valence-corrected chi connectivity index (χ0v) is 25.8. The number of ether oxygens (including phenoxy) is 3. The number of nitrogens with zero attached hydrogens (tertiary/aromatic N) is 3. The summed E-state index contributed by atoms with van der Waals surface area (Å²) in [5.41, 5.74) is 7.32. The molecule has 2 aromatic carbocycles. The number of aryl methyl sites for hydroxylation is 2. The number of aromatic nitrogens is 2. The van der Waals surface area contributed by atoms with Crippen LogP contribution in [0.5, 0.6) is 11.5 Å². The number of esters is 1. The van der Waals surface area contributed by atoms with E-state index in [1.54, 1.807) is 10.6 Å². The zero-order valence-electron chi connectivity index (χ0n) is 25.0. The van der Waals surface area contributed by atoms with Gasteiger partial charge >= 0.3 is 5.97 Å². The van der Waals surface area contributed by atoms with Gasteiger partial charge in [-0.3, -0.25) is 9.36 Å². The normalized spacial score (nSPS) is 14.7. The van der Waals surface area contributed by atoms with Gasteiger partial charge < -0.3 is 18.8 Å². The van der Waals surface area contributed by atoms with Gasteiger partial charge in [-0.05, 0) is 94.1 Å². The first-order chi connectivity index (χ1) is 20.2.